The van der Waals surface area contributed by atoms with Crippen molar-refractivity contribution in [3.8, 4) is 0 Å². The number of carbonyl (C=O) groups excluding carboxylic acids is 1. The molecule has 0 fully saturated rings. The number of nitrogens with zero attached hydrogens (tertiary/aromatic N) is 1. The molecule has 0 unspecified atom stereocenters. The van der Waals surface area contributed by atoms with Crippen LogP contribution in [0, 0.1) is 6.92 Å². The average Bonchev–Trinajstić information content (AvgIpc) is 2.58. The first kappa shape index (κ1) is 12.7. The molecular formula is C11H19N3O2. The van der Waals surface area contributed by atoms with E-state index in [0.717, 1.165) is 18.7 Å². The molecule has 0 saturated carbocycles. The van der Waals surface area contributed by atoms with Crippen molar-refractivity contribution in [2.75, 3.05) is 11.9 Å². The van der Waals surface area contributed by atoms with E-state index in [4.69, 9.17) is 4.42 Å². The molecule has 1 aromatic heterocycles. The molecule has 0 aromatic carbocycles. The number of hydrogen-bond acceptors (Lipinski definition) is 4. The highest BCUT2D eigenvalue weighted by Gasteiger charge is 2.06. The third kappa shape index (κ3) is 4.93. The standard InChI is InChI=1S/C11H19N3O2/c1-8(2)12-6-4-5-10(15)14-11-13-9(3)7-16-11/h7-8,12H,4-6H2,1-3H3,(H,13,14,15). The van der Waals surface area contributed by atoms with Crippen LogP contribution < -0.4 is 10.6 Å². The van der Waals surface area contributed by atoms with Crippen LogP contribution in [0.2, 0.25) is 0 Å². The Morgan fingerprint density at radius 3 is 2.88 bits per heavy atom. The first-order valence-corrected chi connectivity index (χ1v) is 5.53. The quantitative estimate of drug-likeness (QED) is 0.723. The maximum absolute atomic E-state index is 11.4. The summed E-state index contributed by atoms with van der Waals surface area (Å²) in [5.41, 5.74) is 0.761. The smallest absolute Gasteiger partial charge is 0.301 e. The van der Waals surface area contributed by atoms with Crippen LogP contribution in [-0.4, -0.2) is 23.5 Å². The molecule has 2 N–H and O–H groups in total. The molecule has 1 rings (SSSR count). The number of nitrogens with one attached hydrogen (secondary N) is 2. The lowest BCUT2D eigenvalue weighted by Gasteiger charge is -2.06. The summed E-state index contributed by atoms with van der Waals surface area (Å²) in [7, 11) is 0. The van der Waals surface area contributed by atoms with Crippen molar-refractivity contribution in [3.05, 3.63) is 12.0 Å². The molecule has 0 aliphatic rings. The fourth-order valence-electron chi connectivity index (χ4n) is 1.23. The van der Waals surface area contributed by atoms with E-state index < -0.39 is 0 Å². The van der Waals surface area contributed by atoms with Gasteiger partial charge in [0.2, 0.25) is 5.91 Å². The molecule has 0 spiro atoms. The topological polar surface area (TPSA) is 67.2 Å². The zero-order chi connectivity index (χ0) is 12.0. The van der Waals surface area contributed by atoms with Gasteiger partial charge in [0.05, 0.1) is 5.69 Å². The van der Waals surface area contributed by atoms with Crippen LogP contribution in [0.5, 0.6) is 0 Å². The fourth-order valence-corrected chi connectivity index (χ4v) is 1.23. The zero-order valence-electron chi connectivity index (χ0n) is 10.0. The predicted octanol–water partition coefficient (Wildman–Crippen LogP) is 1.70. The lowest BCUT2D eigenvalue weighted by atomic mass is 10.3. The van der Waals surface area contributed by atoms with Crippen molar-refractivity contribution in [2.45, 2.75) is 39.7 Å². The minimum Gasteiger partial charge on any atom is -0.432 e. The summed E-state index contributed by atoms with van der Waals surface area (Å²) in [6.45, 7) is 6.81. The van der Waals surface area contributed by atoms with Crippen molar-refractivity contribution in [3.63, 3.8) is 0 Å². The number of carbonyl (C=O) groups is 1. The van der Waals surface area contributed by atoms with Crippen molar-refractivity contribution >= 4 is 11.9 Å². The van der Waals surface area contributed by atoms with Crippen LogP contribution in [0.1, 0.15) is 32.4 Å². The predicted molar refractivity (Wildman–Crippen MR) is 62.2 cm³/mol. The molecule has 0 bridgehead atoms. The second-order valence-corrected chi connectivity index (χ2v) is 4.05. The third-order valence-corrected chi connectivity index (χ3v) is 2.00. The molecule has 5 nitrogen and oxygen atoms in total. The zero-order valence-corrected chi connectivity index (χ0v) is 10.0. The Morgan fingerprint density at radius 1 is 1.56 bits per heavy atom. The number of oxazole rings is 1. The minimum absolute atomic E-state index is 0.0626. The molecule has 90 valence electrons. The molecule has 0 saturated heterocycles. The van der Waals surface area contributed by atoms with E-state index in [9.17, 15) is 4.79 Å². The van der Waals surface area contributed by atoms with Crippen LogP contribution in [-0.2, 0) is 4.79 Å². The number of amides is 1. The van der Waals surface area contributed by atoms with E-state index in [1.54, 1.807) is 0 Å². The summed E-state index contributed by atoms with van der Waals surface area (Å²) in [5, 5.41) is 5.86. The van der Waals surface area contributed by atoms with E-state index in [0.29, 0.717) is 12.5 Å². The van der Waals surface area contributed by atoms with Crippen molar-refractivity contribution in [1.29, 1.82) is 0 Å². The van der Waals surface area contributed by atoms with Crippen molar-refractivity contribution in [2.24, 2.45) is 0 Å². The van der Waals surface area contributed by atoms with Gasteiger partial charge in [-0.05, 0) is 19.9 Å². The molecule has 1 aromatic rings. The van der Waals surface area contributed by atoms with Crippen LogP contribution >= 0.6 is 0 Å². The second kappa shape index (κ2) is 6.27. The molecule has 0 radical (unpaired) electrons. The number of anilines is 1. The molecule has 1 amide bonds. The minimum atomic E-state index is -0.0626. The van der Waals surface area contributed by atoms with Crippen LogP contribution in [0.4, 0.5) is 6.01 Å². The highest BCUT2D eigenvalue weighted by Crippen LogP contribution is 2.06. The van der Waals surface area contributed by atoms with Gasteiger partial charge in [0.1, 0.15) is 6.26 Å². The lowest BCUT2D eigenvalue weighted by Crippen LogP contribution is -2.24. The van der Waals surface area contributed by atoms with E-state index in [1.807, 2.05) is 6.92 Å². The summed E-state index contributed by atoms with van der Waals surface area (Å²) in [6, 6.07) is 0.733. The van der Waals surface area contributed by atoms with E-state index in [1.165, 1.54) is 6.26 Å². The van der Waals surface area contributed by atoms with Crippen LogP contribution in [0.15, 0.2) is 10.7 Å². The molecule has 16 heavy (non-hydrogen) atoms. The summed E-state index contributed by atoms with van der Waals surface area (Å²) in [6.07, 6.45) is 2.79. The Balaban J connectivity index is 2.16. The van der Waals surface area contributed by atoms with E-state index >= 15 is 0 Å². The Labute approximate surface area is 95.6 Å². The number of hydrogen-bond donors (Lipinski definition) is 2. The second-order valence-electron chi connectivity index (χ2n) is 4.05. The van der Waals surface area contributed by atoms with Gasteiger partial charge in [0.25, 0.3) is 0 Å². The Kier molecular flexibility index (Phi) is 4.98. The lowest BCUT2D eigenvalue weighted by molar-refractivity contribution is -0.116. The summed E-state index contributed by atoms with van der Waals surface area (Å²) in [5.74, 6) is -0.0626. The van der Waals surface area contributed by atoms with Crippen molar-refractivity contribution < 1.29 is 9.21 Å². The number of aryl methyl sites for hydroxylation is 1. The molecule has 5 heteroatoms. The van der Waals surface area contributed by atoms with Gasteiger partial charge in [-0.25, -0.2) is 0 Å². The summed E-state index contributed by atoms with van der Waals surface area (Å²) >= 11 is 0. The largest absolute Gasteiger partial charge is 0.432 e. The van der Waals surface area contributed by atoms with Gasteiger partial charge in [0, 0.05) is 12.5 Å². The van der Waals surface area contributed by atoms with Crippen molar-refractivity contribution in [1.82, 2.24) is 10.3 Å². The maximum Gasteiger partial charge on any atom is 0.301 e. The van der Waals surface area contributed by atoms with Gasteiger partial charge in [0.15, 0.2) is 0 Å². The molecule has 0 aliphatic heterocycles. The Bertz CT molecular complexity index is 334. The highest BCUT2D eigenvalue weighted by molar-refractivity contribution is 5.88. The van der Waals surface area contributed by atoms with Gasteiger partial charge in [-0.15, -0.1) is 0 Å². The molecule has 0 aliphatic carbocycles. The summed E-state index contributed by atoms with van der Waals surface area (Å²) in [4.78, 5) is 15.4. The normalized spacial score (nSPS) is 10.8. The summed E-state index contributed by atoms with van der Waals surface area (Å²) < 4.78 is 5.02. The SMILES string of the molecule is Cc1coc(NC(=O)CCCNC(C)C)n1. The number of rotatable bonds is 6. The Morgan fingerprint density at radius 2 is 2.31 bits per heavy atom. The first-order valence-electron chi connectivity index (χ1n) is 5.53. The van der Waals surface area contributed by atoms with Gasteiger partial charge >= 0.3 is 6.01 Å². The van der Waals surface area contributed by atoms with Gasteiger partial charge in [-0.2, -0.15) is 4.98 Å². The number of aromatic nitrogens is 1. The van der Waals surface area contributed by atoms with E-state index in [-0.39, 0.29) is 11.9 Å². The van der Waals surface area contributed by atoms with E-state index in [2.05, 4.69) is 29.5 Å². The molecule has 0 atom stereocenters. The Hall–Kier alpha value is -1.36. The fraction of sp³-hybridized carbons (Fsp3) is 0.636. The van der Waals surface area contributed by atoms with Gasteiger partial charge in [-0.1, -0.05) is 13.8 Å². The molecule has 1 heterocycles. The molecular weight excluding hydrogens is 206 g/mol. The maximum atomic E-state index is 11.4. The monoisotopic (exact) mass is 225 g/mol. The van der Waals surface area contributed by atoms with Gasteiger partial charge < -0.3 is 9.73 Å². The van der Waals surface area contributed by atoms with Crippen LogP contribution in [0.25, 0.3) is 0 Å². The van der Waals surface area contributed by atoms with Crippen LogP contribution in [0.3, 0.4) is 0 Å². The van der Waals surface area contributed by atoms with Gasteiger partial charge in [-0.3, -0.25) is 10.1 Å². The first-order chi connectivity index (χ1) is 7.58. The average molecular weight is 225 g/mol. The third-order valence-electron chi connectivity index (χ3n) is 2.00. The highest BCUT2D eigenvalue weighted by atomic mass is 16.4.